The zero-order chi connectivity index (χ0) is 15.1. The molecule has 21 heavy (non-hydrogen) atoms. The third kappa shape index (κ3) is 4.54. The highest BCUT2D eigenvalue weighted by atomic mass is 32.2. The van der Waals surface area contributed by atoms with E-state index in [2.05, 4.69) is 53.7 Å². The molecule has 118 valence electrons. The van der Waals surface area contributed by atoms with Gasteiger partial charge >= 0.3 is 0 Å². The first-order valence-electron chi connectivity index (χ1n) is 7.75. The number of nitrogens with zero attached hydrogens (tertiary/aromatic N) is 1. The van der Waals surface area contributed by atoms with E-state index in [-0.39, 0.29) is 0 Å². The standard InChI is InChI=1S/C16H26N2OS2/c1-4-6-18-15(12-9-13(19-3)11-17-10-12)16-14(5-2)20-7-8-21-16/h9-11,14-16,18H,4-8H2,1-3H3. The first-order chi connectivity index (χ1) is 10.3. The van der Waals surface area contributed by atoms with Crippen LogP contribution in [0.1, 0.15) is 38.3 Å². The summed E-state index contributed by atoms with van der Waals surface area (Å²) in [6.07, 6.45) is 6.14. The van der Waals surface area contributed by atoms with Crippen molar-refractivity contribution in [2.24, 2.45) is 0 Å². The van der Waals surface area contributed by atoms with Crippen LogP contribution in [0.5, 0.6) is 5.75 Å². The van der Waals surface area contributed by atoms with Gasteiger partial charge in [0.05, 0.1) is 13.3 Å². The molecular weight excluding hydrogens is 300 g/mol. The molecule has 0 saturated carbocycles. The highest BCUT2D eigenvalue weighted by Gasteiger charge is 2.33. The number of ether oxygens (including phenoxy) is 1. The maximum Gasteiger partial charge on any atom is 0.137 e. The Morgan fingerprint density at radius 1 is 1.33 bits per heavy atom. The molecule has 3 atom stereocenters. The predicted molar refractivity (Wildman–Crippen MR) is 94.6 cm³/mol. The van der Waals surface area contributed by atoms with Crippen LogP contribution in [0.4, 0.5) is 0 Å². The van der Waals surface area contributed by atoms with E-state index in [1.54, 1.807) is 13.3 Å². The molecule has 0 aromatic carbocycles. The Morgan fingerprint density at radius 2 is 2.14 bits per heavy atom. The van der Waals surface area contributed by atoms with Crippen molar-refractivity contribution >= 4 is 23.5 Å². The Morgan fingerprint density at radius 3 is 2.86 bits per heavy atom. The van der Waals surface area contributed by atoms with Crippen LogP contribution < -0.4 is 10.1 Å². The van der Waals surface area contributed by atoms with Crippen molar-refractivity contribution in [3.8, 4) is 5.75 Å². The van der Waals surface area contributed by atoms with Crippen LogP contribution in [0.3, 0.4) is 0 Å². The summed E-state index contributed by atoms with van der Waals surface area (Å²) < 4.78 is 5.35. The molecule has 1 N–H and O–H groups in total. The van der Waals surface area contributed by atoms with E-state index in [9.17, 15) is 0 Å². The molecule has 5 heteroatoms. The lowest BCUT2D eigenvalue weighted by Gasteiger charge is -2.36. The minimum atomic E-state index is 0.357. The van der Waals surface area contributed by atoms with Crippen LogP contribution in [0.2, 0.25) is 0 Å². The molecule has 1 aliphatic rings. The Hall–Kier alpha value is -0.390. The molecule has 3 nitrogen and oxygen atoms in total. The van der Waals surface area contributed by atoms with Gasteiger partial charge in [-0.15, -0.1) is 0 Å². The molecule has 0 amide bonds. The van der Waals surface area contributed by atoms with Crippen LogP contribution >= 0.6 is 23.5 Å². The van der Waals surface area contributed by atoms with Gasteiger partial charge in [0.2, 0.25) is 0 Å². The quantitative estimate of drug-likeness (QED) is 0.825. The lowest BCUT2D eigenvalue weighted by molar-refractivity contribution is 0.410. The van der Waals surface area contributed by atoms with Crippen LogP contribution in [-0.2, 0) is 0 Å². The number of aromatic nitrogens is 1. The summed E-state index contributed by atoms with van der Waals surface area (Å²) in [5.41, 5.74) is 1.25. The SMILES string of the molecule is CCCNC(c1cncc(OC)c1)C1SCCSC1CC. The summed E-state index contributed by atoms with van der Waals surface area (Å²) in [4.78, 5) is 4.35. The fraction of sp³-hybridized carbons (Fsp3) is 0.688. The van der Waals surface area contributed by atoms with Crippen LogP contribution in [0.25, 0.3) is 0 Å². The van der Waals surface area contributed by atoms with E-state index in [1.807, 2.05) is 6.20 Å². The summed E-state index contributed by atoms with van der Waals surface area (Å²) in [5, 5.41) is 5.06. The van der Waals surface area contributed by atoms with Crippen molar-refractivity contribution in [1.29, 1.82) is 0 Å². The molecule has 2 rings (SSSR count). The van der Waals surface area contributed by atoms with Crippen LogP contribution in [0, 0.1) is 0 Å². The van der Waals surface area contributed by atoms with Gasteiger partial charge < -0.3 is 10.1 Å². The van der Waals surface area contributed by atoms with E-state index in [0.29, 0.717) is 16.5 Å². The van der Waals surface area contributed by atoms with Crippen molar-refractivity contribution in [3.05, 3.63) is 24.0 Å². The molecule has 0 bridgehead atoms. The monoisotopic (exact) mass is 326 g/mol. The van der Waals surface area contributed by atoms with E-state index in [0.717, 1.165) is 18.7 Å². The van der Waals surface area contributed by atoms with Gasteiger partial charge in [0.15, 0.2) is 0 Å². The molecule has 2 heterocycles. The van der Waals surface area contributed by atoms with Gasteiger partial charge in [0.25, 0.3) is 0 Å². The van der Waals surface area contributed by atoms with E-state index >= 15 is 0 Å². The Bertz CT molecular complexity index is 430. The lowest BCUT2D eigenvalue weighted by Crippen LogP contribution is -2.39. The maximum atomic E-state index is 5.35. The van der Waals surface area contributed by atoms with Crippen molar-refractivity contribution < 1.29 is 4.74 Å². The van der Waals surface area contributed by atoms with Crippen LogP contribution in [0.15, 0.2) is 18.5 Å². The average molecular weight is 327 g/mol. The number of hydrogen-bond donors (Lipinski definition) is 1. The molecule has 1 fully saturated rings. The maximum absolute atomic E-state index is 5.35. The molecule has 0 radical (unpaired) electrons. The summed E-state index contributed by atoms with van der Waals surface area (Å²) in [7, 11) is 1.70. The number of nitrogens with one attached hydrogen (secondary N) is 1. The Balaban J connectivity index is 2.23. The van der Waals surface area contributed by atoms with Gasteiger partial charge in [-0.3, -0.25) is 4.98 Å². The van der Waals surface area contributed by atoms with Gasteiger partial charge in [-0.25, -0.2) is 0 Å². The van der Waals surface area contributed by atoms with Gasteiger partial charge in [0, 0.05) is 34.2 Å². The normalized spacial score (nSPS) is 23.8. The van der Waals surface area contributed by atoms with Gasteiger partial charge in [0.1, 0.15) is 5.75 Å². The number of methoxy groups -OCH3 is 1. The first kappa shape index (κ1) is 17.0. The Labute approximate surface area is 137 Å². The van der Waals surface area contributed by atoms with Crippen LogP contribution in [-0.4, -0.2) is 40.6 Å². The van der Waals surface area contributed by atoms with Gasteiger partial charge in [-0.2, -0.15) is 23.5 Å². The molecule has 1 aromatic rings. The molecule has 1 aromatic heterocycles. The molecular formula is C16H26N2OS2. The number of hydrogen-bond acceptors (Lipinski definition) is 5. The average Bonchev–Trinajstić information content (AvgIpc) is 2.56. The zero-order valence-corrected chi connectivity index (χ0v) is 14.8. The van der Waals surface area contributed by atoms with Crippen molar-refractivity contribution in [1.82, 2.24) is 10.3 Å². The van der Waals surface area contributed by atoms with Crippen molar-refractivity contribution in [3.63, 3.8) is 0 Å². The van der Waals surface area contributed by atoms with E-state index < -0.39 is 0 Å². The second-order valence-electron chi connectivity index (χ2n) is 5.24. The zero-order valence-electron chi connectivity index (χ0n) is 13.2. The fourth-order valence-electron chi connectivity index (χ4n) is 2.69. The minimum absolute atomic E-state index is 0.357. The highest BCUT2D eigenvalue weighted by Crippen LogP contribution is 2.40. The van der Waals surface area contributed by atoms with E-state index in [1.165, 1.54) is 23.5 Å². The third-order valence-electron chi connectivity index (χ3n) is 3.77. The first-order valence-corrected chi connectivity index (χ1v) is 9.85. The van der Waals surface area contributed by atoms with E-state index in [4.69, 9.17) is 4.74 Å². The fourth-order valence-corrected chi connectivity index (χ4v) is 5.94. The molecule has 1 aliphatic heterocycles. The molecule has 0 aliphatic carbocycles. The topological polar surface area (TPSA) is 34.2 Å². The van der Waals surface area contributed by atoms with Crippen molar-refractivity contribution in [2.45, 2.75) is 43.2 Å². The van der Waals surface area contributed by atoms with Gasteiger partial charge in [-0.1, -0.05) is 13.8 Å². The van der Waals surface area contributed by atoms with Gasteiger partial charge in [-0.05, 0) is 31.0 Å². The largest absolute Gasteiger partial charge is 0.495 e. The summed E-state index contributed by atoms with van der Waals surface area (Å²) in [6, 6.07) is 2.49. The Kier molecular flexibility index (Phi) is 7.20. The highest BCUT2D eigenvalue weighted by molar-refractivity contribution is 8.07. The predicted octanol–water partition coefficient (Wildman–Crippen LogP) is 3.76. The smallest absolute Gasteiger partial charge is 0.137 e. The summed E-state index contributed by atoms with van der Waals surface area (Å²) in [6.45, 7) is 5.56. The number of thioether (sulfide) groups is 2. The molecule has 3 unspecified atom stereocenters. The lowest BCUT2D eigenvalue weighted by atomic mass is 10.0. The van der Waals surface area contributed by atoms with Crippen molar-refractivity contribution in [2.75, 3.05) is 25.2 Å². The second kappa shape index (κ2) is 8.91. The summed E-state index contributed by atoms with van der Waals surface area (Å²) >= 11 is 4.24. The minimum Gasteiger partial charge on any atom is -0.495 e. The summed E-state index contributed by atoms with van der Waals surface area (Å²) in [5.74, 6) is 3.36. The number of pyridine rings is 1. The molecule has 0 spiro atoms. The molecule has 1 saturated heterocycles. The third-order valence-corrected chi connectivity index (χ3v) is 7.12. The second-order valence-corrected chi connectivity index (χ2v) is 7.88. The number of rotatable bonds is 7.